The average Bonchev–Trinajstić information content (AvgIpc) is 2.58. The van der Waals surface area contributed by atoms with E-state index in [4.69, 9.17) is 16.2 Å². The van der Waals surface area contributed by atoms with Crippen molar-refractivity contribution < 1.29 is 14.3 Å². The number of benzene rings is 2. The lowest BCUT2D eigenvalue weighted by Gasteiger charge is -2.31. The third-order valence-electron chi connectivity index (χ3n) is 4.12. The smallest absolute Gasteiger partial charge is 0.340 e. The number of anilines is 2. The van der Waals surface area contributed by atoms with E-state index in [1.165, 1.54) is 0 Å². The van der Waals surface area contributed by atoms with Gasteiger partial charge in [0.15, 0.2) is 0 Å². The number of carbonyl (C=O) groups excluding carboxylic acids is 2. The molecule has 2 rings (SSSR count). The Hall–Kier alpha value is -3.02. The van der Waals surface area contributed by atoms with Crippen LogP contribution >= 0.6 is 0 Å². The summed E-state index contributed by atoms with van der Waals surface area (Å²) in [5, 5.41) is 2.91. The highest BCUT2D eigenvalue weighted by Gasteiger charge is 2.29. The van der Waals surface area contributed by atoms with Gasteiger partial charge in [-0.15, -0.1) is 0 Å². The Labute approximate surface area is 153 Å². The van der Waals surface area contributed by atoms with E-state index in [0.717, 1.165) is 0 Å². The number of ether oxygens (including phenoxy) is 1. The fraction of sp³-hybridized carbons (Fsp3) is 0.300. The van der Waals surface area contributed by atoms with E-state index in [1.807, 2.05) is 20.8 Å². The summed E-state index contributed by atoms with van der Waals surface area (Å²) in [6, 6.07) is 13.1. The van der Waals surface area contributed by atoms with Crippen LogP contribution in [0.25, 0.3) is 0 Å². The van der Waals surface area contributed by atoms with E-state index in [2.05, 4.69) is 5.32 Å². The molecule has 0 spiro atoms. The van der Waals surface area contributed by atoms with Gasteiger partial charge in [-0.1, -0.05) is 45.0 Å². The molecule has 0 bridgehead atoms. The number of esters is 1. The van der Waals surface area contributed by atoms with Crippen LogP contribution in [0.2, 0.25) is 0 Å². The van der Waals surface area contributed by atoms with Crippen molar-refractivity contribution in [2.75, 3.05) is 18.1 Å². The van der Waals surface area contributed by atoms with E-state index in [9.17, 15) is 9.59 Å². The number of hydrogen-bond donors (Lipinski definition) is 3. The number of amides is 1. The predicted molar refractivity (Wildman–Crippen MR) is 103 cm³/mol. The number of para-hydroxylation sites is 2. The highest BCUT2D eigenvalue weighted by molar-refractivity contribution is 5.99. The van der Waals surface area contributed by atoms with Gasteiger partial charge in [-0.3, -0.25) is 4.79 Å². The van der Waals surface area contributed by atoms with Crippen molar-refractivity contribution in [2.24, 2.45) is 5.41 Å². The molecule has 5 N–H and O–H groups in total. The van der Waals surface area contributed by atoms with Gasteiger partial charge in [-0.05, 0) is 29.7 Å². The third-order valence-corrected chi connectivity index (χ3v) is 4.12. The summed E-state index contributed by atoms with van der Waals surface area (Å²) in [7, 11) is 0. The van der Waals surface area contributed by atoms with Gasteiger partial charge in [0.1, 0.15) is 6.61 Å². The average molecular weight is 355 g/mol. The molecule has 0 aromatic heterocycles. The normalized spacial score (nSPS) is 12.3. The van der Waals surface area contributed by atoms with Crippen LogP contribution in [0.1, 0.15) is 41.5 Å². The van der Waals surface area contributed by atoms with E-state index in [-0.39, 0.29) is 17.9 Å². The monoisotopic (exact) mass is 355 g/mol. The predicted octanol–water partition coefficient (Wildman–Crippen LogP) is 2.85. The first-order chi connectivity index (χ1) is 12.2. The molecule has 26 heavy (non-hydrogen) atoms. The zero-order chi connectivity index (χ0) is 19.3. The number of carbonyl (C=O) groups is 2. The molecular weight excluding hydrogens is 330 g/mol. The van der Waals surface area contributed by atoms with E-state index in [0.29, 0.717) is 22.5 Å². The van der Waals surface area contributed by atoms with Crippen LogP contribution in [0.15, 0.2) is 48.5 Å². The molecule has 1 amide bonds. The molecule has 0 heterocycles. The van der Waals surface area contributed by atoms with Crippen molar-refractivity contribution in [3.63, 3.8) is 0 Å². The summed E-state index contributed by atoms with van der Waals surface area (Å²) in [4.78, 5) is 24.8. The lowest BCUT2D eigenvalue weighted by molar-refractivity contribution is 0.0383. The molecule has 6 nitrogen and oxygen atoms in total. The van der Waals surface area contributed by atoms with Crippen LogP contribution < -0.4 is 16.8 Å². The summed E-state index contributed by atoms with van der Waals surface area (Å²) in [6.45, 7) is 5.89. The minimum atomic E-state index is -0.522. The minimum Gasteiger partial charge on any atom is -0.460 e. The van der Waals surface area contributed by atoms with Crippen molar-refractivity contribution >= 4 is 23.3 Å². The van der Waals surface area contributed by atoms with Crippen LogP contribution in [-0.2, 0) is 4.74 Å². The fourth-order valence-corrected chi connectivity index (χ4v) is 2.37. The van der Waals surface area contributed by atoms with Gasteiger partial charge in [0.05, 0.1) is 17.2 Å². The molecule has 0 aliphatic heterocycles. The van der Waals surface area contributed by atoms with Crippen molar-refractivity contribution in [3.8, 4) is 0 Å². The molecule has 1 atom stereocenters. The Morgan fingerprint density at radius 3 is 1.96 bits per heavy atom. The zero-order valence-electron chi connectivity index (χ0n) is 15.3. The molecule has 2 aromatic rings. The maximum atomic E-state index is 12.5. The van der Waals surface area contributed by atoms with Crippen LogP contribution in [0, 0.1) is 5.41 Å². The Morgan fingerprint density at radius 2 is 1.46 bits per heavy atom. The maximum Gasteiger partial charge on any atom is 0.340 e. The Morgan fingerprint density at radius 1 is 0.962 bits per heavy atom. The molecule has 0 fully saturated rings. The fourth-order valence-electron chi connectivity index (χ4n) is 2.37. The van der Waals surface area contributed by atoms with Gasteiger partial charge in [0.2, 0.25) is 0 Å². The van der Waals surface area contributed by atoms with Crippen molar-refractivity contribution in [1.82, 2.24) is 5.32 Å². The van der Waals surface area contributed by atoms with Gasteiger partial charge < -0.3 is 21.5 Å². The quantitative estimate of drug-likeness (QED) is 0.565. The molecule has 0 unspecified atom stereocenters. The van der Waals surface area contributed by atoms with Crippen LogP contribution in [0.3, 0.4) is 0 Å². The zero-order valence-corrected chi connectivity index (χ0v) is 15.3. The first-order valence-electron chi connectivity index (χ1n) is 8.37. The lowest BCUT2D eigenvalue weighted by atomic mass is 9.87. The molecule has 2 aromatic carbocycles. The molecule has 0 saturated heterocycles. The standard InChI is InChI=1S/C20H25N3O3/c1-20(2,3)17(23-18(24)13-8-4-6-10-15(13)21)12-26-19(25)14-9-5-7-11-16(14)22/h4-11,17H,12,21-22H2,1-3H3,(H,23,24)/t17-/m1/s1. The molecule has 6 heteroatoms. The second-order valence-electron chi connectivity index (χ2n) is 7.17. The van der Waals surface area contributed by atoms with Gasteiger partial charge in [-0.2, -0.15) is 0 Å². The topological polar surface area (TPSA) is 107 Å². The van der Waals surface area contributed by atoms with Crippen LogP contribution in [-0.4, -0.2) is 24.5 Å². The summed E-state index contributed by atoms with van der Waals surface area (Å²) in [5.74, 6) is -0.830. The summed E-state index contributed by atoms with van der Waals surface area (Å²) in [5.41, 5.74) is 12.8. The van der Waals surface area contributed by atoms with Crippen molar-refractivity contribution in [1.29, 1.82) is 0 Å². The minimum absolute atomic E-state index is 0.0230. The van der Waals surface area contributed by atoms with E-state index in [1.54, 1.807) is 48.5 Å². The number of nitrogens with two attached hydrogens (primary N) is 2. The Kier molecular flexibility index (Phi) is 5.87. The maximum absolute atomic E-state index is 12.5. The van der Waals surface area contributed by atoms with Gasteiger partial charge >= 0.3 is 5.97 Å². The van der Waals surface area contributed by atoms with Crippen molar-refractivity contribution in [3.05, 3.63) is 59.7 Å². The van der Waals surface area contributed by atoms with Gasteiger partial charge in [0.25, 0.3) is 5.91 Å². The Balaban J connectivity index is 2.09. The van der Waals surface area contributed by atoms with Crippen molar-refractivity contribution in [2.45, 2.75) is 26.8 Å². The lowest BCUT2D eigenvalue weighted by Crippen LogP contribution is -2.47. The van der Waals surface area contributed by atoms with E-state index >= 15 is 0 Å². The third kappa shape index (κ3) is 4.75. The SMILES string of the molecule is CC(C)(C)[C@@H](COC(=O)c1ccccc1N)NC(=O)c1ccccc1N. The Bertz CT molecular complexity index is 797. The highest BCUT2D eigenvalue weighted by Crippen LogP contribution is 2.22. The van der Waals surface area contributed by atoms with Gasteiger partial charge in [-0.25, -0.2) is 4.79 Å². The molecule has 0 radical (unpaired) electrons. The van der Waals surface area contributed by atoms with Gasteiger partial charge in [0, 0.05) is 11.4 Å². The first-order valence-corrected chi connectivity index (χ1v) is 8.37. The number of rotatable bonds is 5. The number of nitrogens with one attached hydrogen (secondary N) is 1. The first kappa shape index (κ1) is 19.3. The molecular formula is C20H25N3O3. The highest BCUT2D eigenvalue weighted by atomic mass is 16.5. The molecule has 0 saturated carbocycles. The second kappa shape index (κ2) is 7.91. The summed E-state index contributed by atoms with van der Waals surface area (Å²) >= 11 is 0. The largest absolute Gasteiger partial charge is 0.460 e. The second-order valence-corrected chi connectivity index (χ2v) is 7.17. The number of hydrogen-bond acceptors (Lipinski definition) is 5. The van der Waals surface area contributed by atoms with Crippen LogP contribution in [0.4, 0.5) is 11.4 Å². The summed E-state index contributed by atoms with van der Waals surface area (Å²) < 4.78 is 5.40. The molecule has 0 aliphatic rings. The summed E-state index contributed by atoms with van der Waals surface area (Å²) in [6.07, 6.45) is 0. The van der Waals surface area contributed by atoms with Crippen LogP contribution in [0.5, 0.6) is 0 Å². The van der Waals surface area contributed by atoms with E-state index < -0.39 is 12.0 Å². The number of nitrogen functional groups attached to an aromatic ring is 2. The molecule has 0 aliphatic carbocycles. The molecule has 138 valence electrons.